The summed E-state index contributed by atoms with van der Waals surface area (Å²) in [4.78, 5) is 18.1. The quantitative estimate of drug-likeness (QED) is 0.484. The third-order valence-electron chi connectivity index (χ3n) is 4.66. The van der Waals surface area contributed by atoms with E-state index in [-0.39, 0.29) is 11.9 Å². The molecule has 3 unspecified atom stereocenters. The van der Waals surface area contributed by atoms with Gasteiger partial charge in [-0.15, -0.1) is 0 Å². The van der Waals surface area contributed by atoms with Crippen LogP contribution in [0.2, 0.25) is 0 Å². The van der Waals surface area contributed by atoms with E-state index in [2.05, 4.69) is 15.2 Å². The van der Waals surface area contributed by atoms with E-state index in [1.165, 1.54) is 32.8 Å². The summed E-state index contributed by atoms with van der Waals surface area (Å²) in [6.45, 7) is 4.66. The maximum Gasteiger partial charge on any atom is 0.310 e. The van der Waals surface area contributed by atoms with Gasteiger partial charge in [0, 0.05) is 26.7 Å². The minimum absolute atomic E-state index is 0.151. The number of hydrogen-bond donors (Lipinski definition) is 1. The summed E-state index contributed by atoms with van der Waals surface area (Å²) >= 11 is 0. The summed E-state index contributed by atoms with van der Waals surface area (Å²) in [5, 5.41) is 3.31. The van der Waals surface area contributed by atoms with Gasteiger partial charge in [0.2, 0.25) is 0 Å². The van der Waals surface area contributed by atoms with E-state index >= 15 is 0 Å². The molecule has 5 heteroatoms. The highest BCUT2D eigenvalue weighted by Gasteiger charge is 2.35. The molecule has 1 saturated carbocycles. The predicted octanol–water partition coefficient (Wildman–Crippen LogP) is 1.49. The topological polar surface area (TPSA) is 53.9 Å². The standard InChI is InChI=1S/C15H27N3O2/c1-11(14(19)20-3)8-17-15(16-2)18-9-12-6-4-5-7-13(12)10-18/h11-13H,4-10H2,1-3H3,(H,16,17). The normalized spacial score (nSPS) is 27.9. The van der Waals surface area contributed by atoms with Gasteiger partial charge in [-0.2, -0.15) is 0 Å². The summed E-state index contributed by atoms with van der Waals surface area (Å²) in [6.07, 6.45) is 5.47. The zero-order chi connectivity index (χ0) is 14.5. The first-order valence-corrected chi connectivity index (χ1v) is 7.69. The first-order chi connectivity index (χ1) is 9.65. The summed E-state index contributed by atoms with van der Waals surface area (Å²) in [5.74, 6) is 2.26. The molecule has 5 nitrogen and oxygen atoms in total. The van der Waals surface area contributed by atoms with Gasteiger partial charge in [-0.1, -0.05) is 19.8 Å². The molecule has 0 spiro atoms. The van der Waals surface area contributed by atoms with E-state index < -0.39 is 0 Å². The number of fused-ring (bicyclic) bond motifs is 1. The summed E-state index contributed by atoms with van der Waals surface area (Å²) < 4.78 is 4.75. The van der Waals surface area contributed by atoms with Crippen LogP contribution in [0, 0.1) is 17.8 Å². The fourth-order valence-electron chi connectivity index (χ4n) is 3.44. The molecule has 2 fully saturated rings. The fraction of sp³-hybridized carbons (Fsp3) is 0.867. The molecule has 1 aliphatic heterocycles. The second-order valence-electron chi connectivity index (χ2n) is 6.06. The van der Waals surface area contributed by atoms with Crippen LogP contribution < -0.4 is 5.32 Å². The molecule has 1 aliphatic carbocycles. The molecule has 1 saturated heterocycles. The Hall–Kier alpha value is -1.26. The molecule has 2 rings (SSSR count). The van der Waals surface area contributed by atoms with Crippen molar-refractivity contribution >= 4 is 11.9 Å². The van der Waals surface area contributed by atoms with Crippen molar-refractivity contribution in [1.82, 2.24) is 10.2 Å². The van der Waals surface area contributed by atoms with Crippen molar-refractivity contribution in [3.63, 3.8) is 0 Å². The Morgan fingerprint density at radius 3 is 2.45 bits per heavy atom. The summed E-state index contributed by atoms with van der Waals surface area (Å²) in [7, 11) is 3.24. The monoisotopic (exact) mass is 281 g/mol. The van der Waals surface area contributed by atoms with Crippen molar-refractivity contribution in [2.45, 2.75) is 32.6 Å². The van der Waals surface area contributed by atoms with Gasteiger partial charge in [-0.3, -0.25) is 9.79 Å². The zero-order valence-electron chi connectivity index (χ0n) is 12.9. The van der Waals surface area contributed by atoms with Gasteiger partial charge < -0.3 is 15.0 Å². The van der Waals surface area contributed by atoms with Crippen molar-refractivity contribution in [2.24, 2.45) is 22.7 Å². The van der Waals surface area contributed by atoms with E-state index in [0.717, 1.165) is 30.9 Å². The molecule has 0 aromatic rings. The zero-order valence-corrected chi connectivity index (χ0v) is 12.9. The number of hydrogen-bond acceptors (Lipinski definition) is 3. The van der Waals surface area contributed by atoms with Gasteiger partial charge in [0.25, 0.3) is 0 Å². The van der Waals surface area contributed by atoms with Gasteiger partial charge in [-0.05, 0) is 24.7 Å². The maximum atomic E-state index is 11.4. The molecule has 0 bridgehead atoms. The Morgan fingerprint density at radius 1 is 1.35 bits per heavy atom. The van der Waals surface area contributed by atoms with Gasteiger partial charge in [0.05, 0.1) is 13.0 Å². The lowest BCUT2D eigenvalue weighted by Crippen LogP contribution is -2.43. The van der Waals surface area contributed by atoms with Crippen molar-refractivity contribution in [3.05, 3.63) is 0 Å². The van der Waals surface area contributed by atoms with E-state index in [1.807, 2.05) is 14.0 Å². The molecule has 0 aromatic heterocycles. The highest BCUT2D eigenvalue weighted by atomic mass is 16.5. The average Bonchev–Trinajstić information content (AvgIpc) is 2.90. The summed E-state index contributed by atoms with van der Waals surface area (Å²) in [5.41, 5.74) is 0. The fourth-order valence-corrected chi connectivity index (χ4v) is 3.44. The Balaban J connectivity index is 1.85. The second-order valence-corrected chi connectivity index (χ2v) is 6.06. The molecule has 0 amide bonds. The smallest absolute Gasteiger partial charge is 0.310 e. The van der Waals surface area contributed by atoms with Crippen molar-refractivity contribution in [1.29, 1.82) is 0 Å². The minimum Gasteiger partial charge on any atom is -0.469 e. The molecule has 20 heavy (non-hydrogen) atoms. The number of carbonyl (C=O) groups is 1. The van der Waals surface area contributed by atoms with Crippen LogP contribution >= 0.6 is 0 Å². The number of rotatable bonds is 3. The first kappa shape index (κ1) is 15.1. The number of nitrogens with zero attached hydrogens (tertiary/aromatic N) is 2. The van der Waals surface area contributed by atoms with Crippen molar-refractivity contribution in [2.75, 3.05) is 33.8 Å². The van der Waals surface area contributed by atoms with Crippen LogP contribution in [0.15, 0.2) is 4.99 Å². The average molecular weight is 281 g/mol. The Labute approximate surface area is 121 Å². The molecule has 114 valence electrons. The molecular formula is C15H27N3O2. The minimum atomic E-state index is -0.178. The highest BCUT2D eigenvalue weighted by Crippen LogP contribution is 2.35. The molecule has 3 atom stereocenters. The number of aliphatic imine (C=N–C) groups is 1. The maximum absolute atomic E-state index is 11.4. The first-order valence-electron chi connectivity index (χ1n) is 7.69. The number of ether oxygens (including phenoxy) is 1. The predicted molar refractivity (Wildman–Crippen MR) is 79.6 cm³/mol. The molecule has 0 radical (unpaired) electrons. The molecule has 1 N–H and O–H groups in total. The third kappa shape index (κ3) is 3.44. The van der Waals surface area contributed by atoms with Crippen LogP contribution in [-0.4, -0.2) is 50.6 Å². The Kier molecular flexibility index (Phi) is 5.26. The summed E-state index contributed by atoms with van der Waals surface area (Å²) in [6, 6.07) is 0. The lowest BCUT2D eigenvalue weighted by Gasteiger charge is -2.22. The van der Waals surface area contributed by atoms with E-state index in [0.29, 0.717) is 6.54 Å². The van der Waals surface area contributed by atoms with Crippen LogP contribution in [0.3, 0.4) is 0 Å². The lowest BCUT2D eigenvalue weighted by molar-refractivity contribution is -0.144. The van der Waals surface area contributed by atoms with Gasteiger partial charge >= 0.3 is 5.97 Å². The number of likely N-dealkylation sites (tertiary alicyclic amines) is 1. The van der Waals surface area contributed by atoms with Crippen LogP contribution in [0.5, 0.6) is 0 Å². The van der Waals surface area contributed by atoms with E-state index in [1.54, 1.807) is 0 Å². The highest BCUT2D eigenvalue weighted by molar-refractivity contribution is 5.81. The Morgan fingerprint density at radius 2 is 1.95 bits per heavy atom. The second kappa shape index (κ2) is 6.95. The van der Waals surface area contributed by atoms with Crippen LogP contribution in [-0.2, 0) is 9.53 Å². The molecule has 0 aromatic carbocycles. The van der Waals surface area contributed by atoms with Crippen LogP contribution in [0.4, 0.5) is 0 Å². The van der Waals surface area contributed by atoms with Crippen LogP contribution in [0.25, 0.3) is 0 Å². The number of carbonyl (C=O) groups excluding carboxylic acids is 1. The third-order valence-corrected chi connectivity index (χ3v) is 4.66. The van der Waals surface area contributed by atoms with Gasteiger partial charge in [0.15, 0.2) is 5.96 Å². The number of guanidine groups is 1. The van der Waals surface area contributed by atoms with Gasteiger partial charge in [-0.25, -0.2) is 0 Å². The Bertz CT molecular complexity index is 356. The van der Waals surface area contributed by atoms with E-state index in [4.69, 9.17) is 4.74 Å². The van der Waals surface area contributed by atoms with Crippen molar-refractivity contribution < 1.29 is 9.53 Å². The molecular weight excluding hydrogens is 254 g/mol. The SMILES string of the molecule is CN=C(NCC(C)C(=O)OC)N1CC2CCCCC2C1. The van der Waals surface area contributed by atoms with Gasteiger partial charge in [0.1, 0.15) is 0 Å². The number of esters is 1. The van der Waals surface area contributed by atoms with E-state index in [9.17, 15) is 4.79 Å². The van der Waals surface area contributed by atoms with Crippen molar-refractivity contribution in [3.8, 4) is 0 Å². The molecule has 2 aliphatic rings. The largest absolute Gasteiger partial charge is 0.469 e. The molecule has 1 heterocycles. The number of nitrogens with one attached hydrogen (secondary N) is 1. The number of methoxy groups -OCH3 is 1. The lowest BCUT2D eigenvalue weighted by atomic mass is 9.82. The van der Waals surface area contributed by atoms with Crippen LogP contribution in [0.1, 0.15) is 32.6 Å².